The number of aliphatic hydroxyl groups excluding tert-OH is 1. The number of carboxylic acids is 1. The third-order valence-electron chi connectivity index (χ3n) is 5.85. The molecular formula is C19H22N2O3. The summed E-state index contributed by atoms with van der Waals surface area (Å²) in [5.41, 5.74) is 2.14. The number of aliphatic hydroxyl groups is 1. The number of benzene rings is 1. The first-order chi connectivity index (χ1) is 11.6. The lowest BCUT2D eigenvalue weighted by molar-refractivity contribution is -0.0146. The van der Waals surface area contributed by atoms with E-state index in [-0.39, 0.29) is 12.0 Å². The summed E-state index contributed by atoms with van der Waals surface area (Å²) in [5.74, 6) is -0.643. The average Bonchev–Trinajstić information content (AvgIpc) is 2.89. The van der Waals surface area contributed by atoms with Crippen molar-refractivity contribution in [1.82, 2.24) is 9.88 Å². The van der Waals surface area contributed by atoms with Gasteiger partial charge in [0, 0.05) is 30.2 Å². The zero-order valence-electron chi connectivity index (χ0n) is 13.7. The highest BCUT2D eigenvalue weighted by Crippen LogP contribution is 2.40. The standard InChI is InChI=1S/C19H22N2O3/c1-11-16-7-5-13(9-17(11)22)21(16)10-12-4-6-15(19(23)24)14-3-2-8-20-18(12)14/h2-4,6,8,11,13,16-17,22H,5,7,9-10H2,1H3,(H,23,24). The van der Waals surface area contributed by atoms with Gasteiger partial charge in [-0.1, -0.05) is 19.1 Å². The molecule has 0 amide bonds. The van der Waals surface area contributed by atoms with E-state index < -0.39 is 5.97 Å². The smallest absolute Gasteiger partial charge is 0.336 e. The molecule has 1 aromatic carbocycles. The molecule has 1 aromatic heterocycles. The van der Waals surface area contributed by atoms with Gasteiger partial charge in [-0.3, -0.25) is 9.88 Å². The molecule has 4 atom stereocenters. The minimum atomic E-state index is -0.922. The van der Waals surface area contributed by atoms with E-state index in [0.717, 1.165) is 36.9 Å². The zero-order valence-corrected chi connectivity index (χ0v) is 13.7. The van der Waals surface area contributed by atoms with Crippen molar-refractivity contribution < 1.29 is 15.0 Å². The van der Waals surface area contributed by atoms with E-state index in [1.165, 1.54) is 0 Å². The van der Waals surface area contributed by atoms with E-state index in [4.69, 9.17) is 0 Å². The fourth-order valence-corrected chi connectivity index (χ4v) is 4.52. The molecule has 24 heavy (non-hydrogen) atoms. The molecule has 0 radical (unpaired) electrons. The Morgan fingerprint density at radius 2 is 2.17 bits per heavy atom. The van der Waals surface area contributed by atoms with E-state index in [1.54, 1.807) is 18.3 Å². The minimum absolute atomic E-state index is 0.206. The van der Waals surface area contributed by atoms with Gasteiger partial charge in [-0.25, -0.2) is 4.79 Å². The predicted molar refractivity (Wildman–Crippen MR) is 90.8 cm³/mol. The summed E-state index contributed by atoms with van der Waals surface area (Å²) < 4.78 is 0. The Kier molecular flexibility index (Phi) is 3.77. The summed E-state index contributed by atoms with van der Waals surface area (Å²) in [5, 5.41) is 20.3. The van der Waals surface area contributed by atoms with Crippen LogP contribution in [-0.4, -0.2) is 44.3 Å². The van der Waals surface area contributed by atoms with E-state index in [9.17, 15) is 15.0 Å². The van der Waals surface area contributed by atoms with Crippen molar-refractivity contribution in [2.75, 3.05) is 0 Å². The second-order valence-electron chi connectivity index (χ2n) is 7.11. The number of carbonyl (C=O) groups is 1. The van der Waals surface area contributed by atoms with Gasteiger partial charge >= 0.3 is 5.97 Å². The molecule has 3 heterocycles. The second-order valence-corrected chi connectivity index (χ2v) is 7.11. The molecule has 2 saturated heterocycles. The Morgan fingerprint density at radius 1 is 1.33 bits per heavy atom. The van der Waals surface area contributed by atoms with E-state index in [2.05, 4.69) is 16.8 Å². The maximum absolute atomic E-state index is 11.4. The highest BCUT2D eigenvalue weighted by atomic mass is 16.4. The van der Waals surface area contributed by atoms with Crippen LogP contribution in [0.2, 0.25) is 0 Å². The molecule has 5 heteroatoms. The molecule has 0 saturated carbocycles. The SMILES string of the molecule is CC1C(O)CC2CCC1N2Cc1ccc(C(=O)O)c2cccnc12. The van der Waals surface area contributed by atoms with Crippen LogP contribution in [0.4, 0.5) is 0 Å². The number of piperidine rings is 1. The van der Waals surface area contributed by atoms with Gasteiger partial charge in [-0.15, -0.1) is 0 Å². The lowest BCUT2D eigenvalue weighted by atomic mass is 9.88. The molecule has 2 aliphatic heterocycles. The molecule has 4 rings (SSSR count). The number of aromatic carboxylic acids is 1. The normalized spacial score (nSPS) is 29.9. The van der Waals surface area contributed by atoms with Crippen LogP contribution in [0, 0.1) is 5.92 Å². The number of aromatic nitrogens is 1. The van der Waals surface area contributed by atoms with Gasteiger partial charge in [-0.05, 0) is 42.9 Å². The molecule has 2 aromatic rings. The second kappa shape index (κ2) is 5.83. The number of hydrogen-bond donors (Lipinski definition) is 2. The lowest BCUT2D eigenvalue weighted by Crippen LogP contribution is -2.49. The van der Waals surface area contributed by atoms with Crippen LogP contribution >= 0.6 is 0 Å². The first kappa shape index (κ1) is 15.5. The minimum Gasteiger partial charge on any atom is -0.478 e. The van der Waals surface area contributed by atoms with Crippen LogP contribution in [0.5, 0.6) is 0 Å². The Bertz CT molecular complexity index is 791. The maximum atomic E-state index is 11.4. The van der Waals surface area contributed by atoms with Crippen molar-refractivity contribution in [3.63, 3.8) is 0 Å². The monoisotopic (exact) mass is 326 g/mol. The Balaban J connectivity index is 1.71. The molecule has 4 unspecified atom stereocenters. The van der Waals surface area contributed by atoms with E-state index >= 15 is 0 Å². The van der Waals surface area contributed by atoms with Gasteiger partial charge < -0.3 is 10.2 Å². The summed E-state index contributed by atoms with van der Waals surface area (Å²) in [4.78, 5) is 18.4. The van der Waals surface area contributed by atoms with Crippen LogP contribution in [-0.2, 0) is 6.54 Å². The zero-order chi connectivity index (χ0) is 16.8. The van der Waals surface area contributed by atoms with Crippen LogP contribution < -0.4 is 0 Å². The molecule has 126 valence electrons. The number of fused-ring (bicyclic) bond motifs is 3. The van der Waals surface area contributed by atoms with Gasteiger partial charge in [0.1, 0.15) is 0 Å². The summed E-state index contributed by atoms with van der Waals surface area (Å²) in [6.45, 7) is 2.90. The number of carboxylic acid groups (broad SMARTS) is 1. The molecule has 5 nitrogen and oxygen atoms in total. The lowest BCUT2D eigenvalue weighted by Gasteiger charge is -2.41. The van der Waals surface area contributed by atoms with Crippen molar-refractivity contribution in [3.05, 3.63) is 41.6 Å². The van der Waals surface area contributed by atoms with E-state index in [0.29, 0.717) is 23.0 Å². The Morgan fingerprint density at radius 3 is 2.96 bits per heavy atom. The van der Waals surface area contributed by atoms with Gasteiger partial charge in [0.15, 0.2) is 0 Å². The molecule has 2 bridgehead atoms. The summed E-state index contributed by atoms with van der Waals surface area (Å²) >= 11 is 0. The topological polar surface area (TPSA) is 73.7 Å². The predicted octanol–water partition coefficient (Wildman–Crippen LogP) is 2.67. The quantitative estimate of drug-likeness (QED) is 0.907. The summed E-state index contributed by atoms with van der Waals surface area (Å²) in [6.07, 6.45) is 4.60. The number of pyridine rings is 1. The number of nitrogens with zero attached hydrogens (tertiary/aromatic N) is 2. The van der Waals surface area contributed by atoms with Crippen molar-refractivity contribution in [2.24, 2.45) is 5.92 Å². The fraction of sp³-hybridized carbons (Fsp3) is 0.474. The molecule has 2 aliphatic rings. The number of hydrogen-bond acceptors (Lipinski definition) is 4. The molecular weight excluding hydrogens is 304 g/mol. The third-order valence-corrected chi connectivity index (χ3v) is 5.85. The van der Waals surface area contributed by atoms with Gasteiger partial charge in [0.2, 0.25) is 0 Å². The van der Waals surface area contributed by atoms with Gasteiger partial charge in [0.25, 0.3) is 0 Å². The summed E-state index contributed by atoms with van der Waals surface area (Å²) in [6, 6.07) is 8.00. The molecule has 2 N–H and O–H groups in total. The highest BCUT2D eigenvalue weighted by Gasteiger charge is 2.44. The first-order valence-corrected chi connectivity index (χ1v) is 8.60. The first-order valence-electron chi connectivity index (χ1n) is 8.60. The van der Waals surface area contributed by atoms with Crippen molar-refractivity contribution >= 4 is 16.9 Å². The molecule has 2 fully saturated rings. The Labute approximate surface area is 140 Å². The van der Waals surface area contributed by atoms with Crippen molar-refractivity contribution in [2.45, 2.75) is 50.9 Å². The third kappa shape index (κ3) is 2.39. The molecule has 0 spiro atoms. The van der Waals surface area contributed by atoms with Crippen LogP contribution in [0.3, 0.4) is 0 Å². The van der Waals surface area contributed by atoms with Crippen molar-refractivity contribution in [3.8, 4) is 0 Å². The van der Waals surface area contributed by atoms with Crippen molar-refractivity contribution in [1.29, 1.82) is 0 Å². The van der Waals surface area contributed by atoms with Crippen LogP contribution in [0.25, 0.3) is 10.9 Å². The average molecular weight is 326 g/mol. The fourth-order valence-electron chi connectivity index (χ4n) is 4.52. The van der Waals surface area contributed by atoms with Gasteiger partial charge in [-0.2, -0.15) is 0 Å². The van der Waals surface area contributed by atoms with Crippen LogP contribution in [0.1, 0.15) is 42.1 Å². The number of rotatable bonds is 3. The summed E-state index contributed by atoms with van der Waals surface area (Å²) in [7, 11) is 0. The van der Waals surface area contributed by atoms with Crippen LogP contribution in [0.15, 0.2) is 30.5 Å². The Hall–Kier alpha value is -1.98. The highest BCUT2D eigenvalue weighted by molar-refractivity contribution is 6.03. The van der Waals surface area contributed by atoms with Gasteiger partial charge in [0.05, 0.1) is 17.2 Å². The van der Waals surface area contributed by atoms with E-state index in [1.807, 2.05) is 12.1 Å². The molecule has 0 aliphatic carbocycles. The maximum Gasteiger partial charge on any atom is 0.336 e. The largest absolute Gasteiger partial charge is 0.478 e.